The van der Waals surface area contributed by atoms with Crippen LogP contribution < -0.4 is 5.32 Å². The molecule has 1 saturated heterocycles. The first kappa shape index (κ1) is 15.7. The summed E-state index contributed by atoms with van der Waals surface area (Å²) in [7, 11) is 0. The summed E-state index contributed by atoms with van der Waals surface area (Å²) in [6.07, 6.45) is 3.13. The minimum Gasteiger partial charge on any atom is -0.382 e. The van der Waals surface area contributed by atoms with Crippen LogP contribution in [0.1, 0.15) is 33.1 Å². The van der Waals surface area contributed by atoms with E-state index in [4.69, 9.17) is 0 Å². The van der Waals surface area contributed by atoms with Gasteiger partial charge in [0, 0.05) is 36.4 Å². The Hall–Kier alpha value is -1.69. The first-order valence-corrected chi connectivity index (χ1v) is 7.42. The van der Waals surface area contributed by atoms with Gasteiger partial charge in [0.15, 0.2) is 0 Å². The smallest absolute Gasteiger partial charge is 0.304 e. The Labute approximate surface area is 124 Å². The molecule has 0 amide bonds. The number of nitrogens with zero attached hydrogens (tertiary/aromatic N) is 2. The molecule has 21 heavy (non-hydrogen) atoms. The second-order valence-electron chi connectivity index (χ2n) is 5.83. The Morgan fingerprint density at radius 2 is 2.14 bits per heavy atom. The number of nitro benzene ring substituents is 1. The number of nitro groups is 1. The van der Waals surface area contributed by atoms with E-state index in [9.17, 15) is 14.5 Å². The lowest BCUT2D eigenvalue weighted by molar-refractivity contribution is -0.387. The largest absolute Gasteiger partial charge is 0.382 e. The fourth-order valence-corrected chi connectivity index (χ4v) is 2.76. The first-order valence-electron chi connectivity index (χ1n) is 7.42. The molecule has 1 aliphatic heterocycles. The number of nitrogens with one attached hydrogen (secondary N) is 1. The molecule has 1 aliphatic rings. The van der Waals surface area contributed by atoms with Crippen molar-refractivity contribution in [3.63, 3.8) is 0 Å². The highest BCUT2D eigenvalue weighted by Gasteiger charge is 2.19. The summed E-state index contributed by atoms with van der Waals surface area (Å²) >= 11 is 0. The standard InChI is InChI=1S/C15H22FN3O2/c1-11(2)18-8-3-4-12(7-9-18)17-13-5-6-15(19(20)21)14(16)10-13/h5-6,10-12,17H,3-4,7-9H2,1-2H3. The van der Waals surface area contributed by atoms with Crippen LogP contribution in [0.4, 0.5) is 15.8 Å². The highest BCUT2D eigenvalue weighted by atomic mass is 19.1. The second-order valence-corrected chi connectivity index (χ2v) is 5.83. The molecule has 1 fully saturated rings. The maximum Gasteiger partial charge on any atom is 0.304 e. The Bertz CT molecular complexity index is 508. The Morgan fingerprint density at radius 3 is 2.76 bits per heavy atom. The van der Waals surface area contributed by atoms with Gasteiger partial charge in [-0.25, -0.2) is 0 Å². The van der Waals surface area contributed by atoms with E-state index in [0.29, 0.717) is 11.7 Å². The van der Waals surface area contributed by atoms with Crippen LogP contribution in [0.3, 0.4) is 0 Å². The van der Waals surface area contributed by atoms with E-state index in [1.165, 1.54) is 12.1 Å². The van der Waals surface area contributed by atoms with Crippen LogP contribution in [0.15, 0.2) is 18.2 Å². The van der Waals surface area contributed by atoms with Crippen LogP contribution in [0.5, 0.6) is 0 Å². The molecule has 5 nitrogen and oxygen atoms in total. The van der Waals surface area contributed by atoms with Crippen LogP contribution in [-0.2, 0) is 0 Å². The molecule has 0 spiro atoms. The van der Waals surface area contributed by atoms with Gasteiger partial charge in [-0.2, -0.15) is 4.39 Å². The highest BCUT2D eigenvalue weighted by Crippen LogP contribution is 2.23. The van der Waals surface area contributed by atoms with Gasteiger partial charge >= 0.3 is 5.69 Å². The van der Waals surface area contributed by atoms with E-state index in [1.54, 1.807) is 6.07 Å². The van der Waals surface area contributed by atoms with Crippen LogP contribution in [0, 0.1) is 15.9 Å². The highest BCUT2D eigenvalue weighted by molar-refractivity contribution is 5.50. The number of anilines is 1. The van der Waals surface area contributed by atoms with Crippen molar-refractivity contribution in [1.82, 2.24) is 4.90 Å². The van der Waals surface area contributed by atoms with Crippen molar-refractivity contribution < 1.29 is 9.31 Å². The maximum atomic E-state index is 13.6. The second kappa shape index (κ2) is 6.85. The fourth-order valence-electron chi connectivity index (χ4n) is 2.76. The van der Waals surface area contributed by atoms with Crippen LogP contribution in [-0.4, -0.2) is 35.0 Å². The normalized spacial score (nSPS) is 20.3. The summed E-state index contributed by atoms with van der Waals surface area (Å²) in [5.41, 5.74) is 0.133. The number of hydrogen-bond donors (Lipinski definition) is 1. The lowest BCUT2D eigenvalue weighted by atomic mass is 10.1. The van der Waals surface area contributed by atoms with E-state index in [1.807, 2.05) is 0 Å². The zero-order chi connectivity index (χ0) is 15.4. The van der Waals surface area contributed by atoms with E-state index >= 15 is 0 Å². The molecule has 1 atom stereocenters. The van der Waals surface area contributed by atoms with Gasteiger partial charge in [-0.15, -0.1) is 0 Å². The molecule has 0 saturated carbocycles. The monoisotopic (exact) mass is 295 g/mol. The third kappa shape index (κ3) is 4.14. The van der Waals surface area contributed by atoms with Gasteiger partial charge in [-0.05, 0) is 45.7 Å². The van der Waals surface area contributed by atoms with Crippen molar-refractivity contribution in [1.29, 1.82) is 0 Å². The van der Waals surface area contributed by atoms with E-state index in [-0.39, 0.29) is 6.04 Å². The van der Waals surface area contributed by atoms with E-state index in [2.05, 4.69) is 24.1 Å². The van der Waals surface area contributed by atoms with Gasteiger partial charge in [0.2, 0.25) is 5.82 Å². The number of benzene rings is 1. The van der Waals surface area contributed by atoms with Gasteiger partial charge < -0.3 is 10.2 Å². The molecule has 1 unspecified atom stereocenters. The molecule has 0 aliphatic carbocycles. The Balaban J connectivity index is 1.98. The molecule has 1 heterocycles. The van der Waals surface area contributed by atoms with Gasteiger partial charge in [0.05, 0.1) is 4.92 Å². The summed E-state index contributed by atoms with van der Waals surface area (Å²) in [6.45, 7) is 6.49. The predicted molar refractivity (Wildman–Crippen MR) is 81.0 cm³/mol. The third-order valence-electron chi connectivity index (χ3n) is 4.01. The van der Waals surface area contributed by atoms with E-state index in [0.717, 1.165) is 32.4 Å². The molecule has 0 bridgehead atoms. The summed E-state index contributed by atoms with van der Waals surface area (Å²) in [6, 6.07) is 4.83. The SMILES string of the molecule is CC(C)N1CCCC(Nc2ccc([N+](=O)[O-])c(F)c2)CC1. The summed E-state index contributed by atoms with van der Waals surface area (Å²) < 4.78 is 13.6. The minimum absolute atomic E-state index is 0.287. The van der Waals surface area contributed by atoms with Gasteiger partial charge in [-0.3, -0.25) is 10.1 Å². The molecule has 0 radical (unpaired) electrons. The quantitative estimate of drug-likeness (QED) is 0.683. The zero-order valence-corrected chi connectivity index (χ0v) is 12.5. The predicted octanol–water partition coefficient (Wildman–Crippen LogP) is 3.41. The van der Waals surface area contributed by atoms with Gasteiger partial charge in [-0.1, -0.05) is 0 Å². The fraction of sp³-hybridized carbons (Fsp3) is 0.600. The Kier molecular flexibility index (Phi) is 5.12. The van der Waals surface area contributed by atoms with Crippen LogP contribution in [0.25, 0.3) is 0 Å². The van der Waals surface area contributed by atoms with Crippen molar-refractivity contribution >= 4 is 11.4 Å². The van der Waals surface area contributed by atoms with Crippen LogP contribution in [0.2, 0.25) is 0 Å². The van der Waals surface area contributed by atoms with Crippen molar-refractivity contribution in [3.05, 3.63) is 34.1 Å². The summed E-state index contributed by atoms with van der Waals surface area (Å²) in [5, 5.41) is 13.9. The zero-order valence-electron chi connectivity index (χ0n) is 12.5. The lowest BCUT2D eigenvalue weighted by Gasteiger charge is -2.24. The van der Waals surface area contributed by atoms with Gasteiger partial charge in [0.1, 0.15) is 0 Å². The summed E-state index contributed by atoms with van der Waals surface area (Å²) in [5.74, 6) is -0.789. The van der Waals surface area contributed by atoms with E-state index < -0.39 is 16.4 Å². The number of halogens is 1. The number of likely N-dealkylation sites (tertiary alicyclic amines) is 1. The van der Waals surface area contributed by atoms with Crippen molar-refractivity contribution in [2.24, 2.45) is 0 Å². The Morgan fingerprint density at radius 1 is 1.38 bits per heavy atom. The first-order chi connectivity index (χ1) is 9.97. The third-order valence-corrected chi connectivity index (χ3v) is 4.01. The van der Waals surface area contributed by atoms with Crippen molar-refractivity contribution in [3.8, 4) is 0 Å². The molecule has 2 rings (SSSR count). The number of rotatable bonds is 4. The molecule has 1 N–H and O–H groups in total. The lowest BCUT2D eigenvalue weighted by Crippen LogP contribution is -2.32. The average Bonchev–Trinajstić information content (AvgIpc) is 2.64. The molecule has 1 aromatic rings. The molecule has 116 valence electrons. The molecule has 1 aromatic carbocycles. The molecule has 0 aromatic heterocycles. The molecular formula is C15H22FN3O2. The van der Waals surface area contributed by atoms with Crippen LogP contribution >= 0.6 is 0 Å². The minimum atomic E-state index is -0.789. The topological polar surface area (TPSA) is 58.4 Å². The van der Waals surface area contributed by atoms with Crippen molar-refractivity contribution in [2.45, 2.75) is 45.2 Å². The molecule has 6 heteroatoms. The number of hydrogen-bond acceptors (Lipinski definition) is 4. The van der Waals surface area contributed by atoms with Gasteiger partial charge in [0.25, 0.3) is 0 Å². The van der Waals surface area contributed by atoms with Crippen molar-refractivity contribution in [2.75, 3.05) is 18.4 Å². The molecular weight excluding hydrogens is 273 g/mol. The maximum absolute atomic E-state index is 13.6. The summed E-state index contributed by atoms with van der Waals surface area (Å²) in [4.78, 5) is 12.3. The average molecular weight is 295 g/mol.